The van der Waals surface area contributed by atoms with Gasteiger partial charge >= 0.3 is 19.8 Å². The molecule has 0 saturated carbocycles. The third-order valence-corrected chi connectivity index (χ3v) is 8.50. The van der Waals surface area contributed by atoms with Gasteiger partial charge in [0.1, 0.15) is 6.61 Å². The first kappa shape index (κ1) is 49.2. The number of carbonyl (C=O) groups is 2. The first-order chi connectivity index (χ1) is 25.3. The van der Waals surface area contributed by atoms with Crippen molar-refractivity contribution < 1.29 is 37.6 Å². The summed E-state index contributed by atoms with van der Waals surface area (Å²) in [4.78, 5) is 34.7. The number of rotatable bonds is 35. The van der Waals surface area contributed by atoms with E-state index in [4.69, 9.17) is 24.3 Å². The summed E-state index contributed by atoms with van der Waals surface area (Å²) in [5.74, 6) is -0.924. The Bertz CT molecular complexity index is 1130. The Labute approximate surface area is 315 Å². The molecule has 0 aliphatic rings. The largest absolute Gasteiger partial charge is 0.472 e. The van der Waals surface area contributed by atoms with Gasteiger partial charge in [-0.25, -0.2) is 4.57 Å². The zero-order valence-corrected chi connectivity index (χ0v) is 33.1. The van der Waals surface area contributed by atoms with Crippen LogP contribution in [0.15, 0.2) is 85.1 Å². The van der Waals surface area contributed by atoms with Crippen LogP contribution in [-0.4, -0.2) is 49.3 Å². The standard InChI is InChI=1S/C42H70NO8P/c1-3-5-7-9-11-13-15-17-19-20-21-23-25-27-29-31-33-35-42(45)51-40(39-50-52(46,47)49-37-36-43)38-48-41(44)34-32-30-28-26-24-22-18-16-14-12-10-8-6-4-2/h5,7,10-13,16-19,21,23,27,29,40H,3-4,6,8-9,14-15,20,22,24-26,28,30-39,43H2,1-2H3,(H,46,47)/b7-5-,12-10-,13-11-,18-16-,19-17-,23-21-,29-27-. The van der Waals surface area contributed by atoms with E-state index in [0.29, 0.717) is 19.3 Å². The molecule has 3 N–H and O–H groups in total. The van der Waals surface area contributed by atoms with Crippen molar-refractivity contribution in [1.29, 1.82) is 0 Å². The third kappa shape index (κ3) is 37.0. The molecule has 0 saturated heterocycles. The Kier molecular flexibility index (Phi) is 35.9. The fourth-order valence-electron chi connectivity index (χ4n) is 4.63. The number of allylic oxidation sites excluding steroid dienone is 14. The molecule has 0 bridgehead atoms. The van der Waals surface area contributed by atoms with Gasteiger partial charge < -0.3 is 20.1 Å². The highest BCUT2D eigenvalue weighted by Gasteiger charge is 2.25. The van der Waals surface area contributed by atoms with Crippen molar-refractivity contribution in [1.82, 2.24) is 0 Å². The minimum atomic E-state index is -4.40. The number of hydrogen-bond donors (Lipinski definition) is 2. The second-order valence-corrected chi connectivity index (χ2v) is 13.9. The van der Waals surface area contributed by atoms with E-state index in [1.54, 1.807) is 0 Å². The third-order valence-electron chi connectivity index (χ3n) is 7.52. The van der Waals surface area contributed by atoms with E-state index in [0.717, 1.165) is 77.0 Å². The van der Waals surface area contributed by atoms with E-state index >= 15 is 0 Å². The summed E-state index contributed by atoms with van der Waals surface area (Å²) in [7, 11) is -4.40. The van der Waals surface area contributed by atoms with Crippen LogP contribution in [0.1, 0.15) is 136 Å². The summed E-state index contributed by atoms with van der Waals surface area (Å²) in [5, 5.41) is 0. The molecule has 0 amide bonds. The number of ether oxygens (including phenoxy) is 2. The van der Waals surface area contributed by atoms with Crippen LogP contribution in [0.5, 0.6) is 0 Å². The average Bonchev–Trinajstić information content (AvgIpc) is 3.13. The highest BCUT2D eigenvalue weighted by Crippen LogP contribution is 2.43. The van der Waals surface area contributed by atoms with E-state index in [-0.39, 0.29) is 32.6 Å². The molecule has 0 aliphatic heterocycles. The Hall–Kier alpha value is -2.81. The molecule has 296 valence electrons. The smallest absolute Gasteiger partial charge is 0.462 e. The minimum Gasteiger partial charge on any atom is -0.462 e. The van der Waals surface area contributed by atoms with Crippen LogP contribution in [0.2, 0.25) is 0 Å². The Balaban J connectivity index is 4.37. The molecule has 0 aromatic heterocycles. The van der Waals surface area contributed by atoms with Crippen LogP contribution in [0.3, 0.4) is 0 Å². The van der Waals surface area contributed by atoms with Gasteiger partial charge in [-0.2, -0.15) is 0 Å². The summed E-state index contributed by atoms with van der Waals surface area (Å²) >= 11 is 0. The van der Waals surface area contributed by atoms with Crippen LogP contribution in [-0.2, 0) is 32.7 Å². The lowest BCUT2D eigenvalue weighted by Gasteiger charge is -2.19. The zero-order chi connectivity index (χ0) is 38.2. The number of hydrogen-bond acceptors (Lipinski definition) is 8. The number of nitrogens with two attached hydrogens (primary N) is 1. The molecule has 0 heterocycles. The Morgan fingerprint density at radius 2 is 1.08 bits per heavy atom. The number of carbonyl (C=O) groups excluding carboxylic acids is 2. The predicted octanol–water partition coefficient (Wildman–Crippen LogP) is 10.9. The van der Waals surface area contributed by atoms with Crippen molar-refractivity contribution in [2.45, 2.75) is 142 Å². The second kappa shape index (κ2) is 37.9. The molecule has 0 spiro atoms. The first-order valence-corrected chi connectivity index (χ1v) is 21.1. The zero-order valence-electron chi connectivity index (χ0n) is 32.3. The molecular weight excluding hydrogens is 677 g/mol. The van der Waals surface area contributed by atoms with Crippen molar-refractivity contribution in [3.8, 4) is 0 Å². The predicted molar refractivity (Wildman–Crippen MR) is 215 cm³/mol. The van der Waals surface area contributed by atoms with Gasteiger partial charge in [-0.1, -0.05) is 131 Å². The molecule has 0 radical (unpaired) electrons. The SMILES string of the molecule is CC/C=C\C/C=C\C/C=C\C/C=C\C/C=C\CCCC(=O)OC(COC(=O)CCCCCCC/C=C\C/C=C\CCCC)COP(=O)(O)OCCN. The summed E-state index contributed by atoms with van der Waals surface area (Å²) in [6.07, 6.45) is 46.2. The molecule has 2 unspecified atom stereocenters. The van der Waals surface area contributed by atoms with Gasteiger partial charge in [-0.3, -0.25) is 18.6 Å². The number of phosphoric ester groups is 1. The van der Waals surface area contributed by atoms with Gasteiger partial charge in [0.15, 0.2) is 6.10 Å². The van der Waals surface area contributed by atoms with Gasteiger partial charge in [0.2, 0.25) is 0 Å². The highest BCUT2D eigenvalue weighted by atomic mass is 31.2. The molecule has 10 heteroatoms. The van der Waals surface area contributed by atoms with Gasteiger partial charge in [0.25, 0.3) is 0 Å². The van der Waals surface area contributed by atoms with Crippen LogP contribution in [0.4, 0.5) is 0 Å². The van der Waals surface area contributed by atoms with E-state index in [9.17, 15) is 19.0 Å². The van der Waals surface area contributed by atoms with E-state index in [1.807, 2.05) is 6.08 Å². The molecule has 0 rings (SSSR count). The van der Waals surface area contributed by atoms with E-state index < -0.39 is 32.5 Å². The topological polar surface area (TPSA) is 134 Å². The number of esters is 2. The number of phosphoric acid groups is 1. The molecule has 9 nitrogen and oxygen atoms in total. The summed E-state index contributed by atoms with van der Waals surface area (Å²) in [5.41, 5.74) is 5.33. The van der Waals surface area contributed by atoms with Gasteiger partial charge in [-0.05, 0) is 77.0 Å². The van der Waals surface area contributed by atoms with Crippen molar-refractivity contribution in [2.75, 3.05) is 26.4 Å². The maximum absolute atomic E-state index is 12.5. The normalized spacial score (nSPS) is 14.3. The van der Waals surface area contributed by atoms with Crippen molar-refractivity contribution in [3.05, 3.63) is 85.1 Å². The van der Waals surface area contributed by atoms with Crippen molar-refractivity contribution in [3.63, 3.8) is 0 Å². The van der Waals surface area contributed by atoms with Crippen LogP contribution in [0, 0.1) is 0 Å². The molecule has 0 aliphatic carbocycles. The van der Waals surface area contributed by atoms with E-state index in [2.05, 4.69) is 92.8 Å². The number of unbranched alkanes of at least 4 members (excludes halogenated alkanes) is 8. The fraction of sp³-hybridized carbons (Fsp3) is 0.619. The first-order valence-electron chi connectivity index (χ1n) is 19.6. The summed E-state index contributed by atoms with van der Waals surface area (Å²) in [6, 6.07) is 0. The van der Waals surface area contributed by atoms with Gasteiger partial charge in [0.05, 0.1) is 13.2 Å². The average molecular weight is 748 g/mol. The highest BCUT2D eigenvalue weighted by molar-refractivity contribution is 7.47. The maximum Gasteiger partial charge on any atom is 0.472 e. The lowest BCUT2D eigenvalue weighted by atomic mass is 10.1. The molecule has 0 fully saturated rings. The maximum atomic E-state index is 12.5. The summed E-state index contributed by atoms with van der Waals surface area (Å²) in [6.45, 7) is 3.46. The second-order valence-electron chi connectivity index (χ2n) is 12.4. The quantitative estimate of drug-likeness (QED) is 0.0281. The van der Waals surface area contributed by atoms with Crippen LogP contribution >= 0.6 is 7.82 Å². The minimum absolute atomic E-state index is 0.0376. The lowest BCUT2D eigenvalue weighted by molar-refractivity contribution is -0.161. The Morgan fingerprint density at radius 1 is 0.596 bits per heavy atom. The van der Waals surface area contributed by atoms with Crippen molar-refractivity contribution >= 4 is 19.8 Å². The van der Waals surface area contributed by atoms with Gasteiger partial charge in [-0.15, -0.1) is 0 Å². The molecular formula is C42H70NO8P. The molecule has 0 aromatic carbocycles. The van der Waals surface area contributed by atoms with Gasteiger partial charge in [0, 0.05) is 19.4 Å². The van der Waals surface area contributed by atoms with Crippen LogP contribution in [0.25, 0.3) is 0 Å². The molecule has 52 heavy (non-hydrogen) atoms. The molecule has 2 atom stereocenters. The van der Waals surface area contributed by atoms with Crippen molar-refractivity contribution in [2.24, 2.45) is 5.73 Å². The van der Waals surface area contributed by atoms with E-state index in [1.165, 1.54) is 12.8 Å². The summed E-state index contributed by atoms with van der Waals surface area (Å²) < 4.78 is 32.6. The van der Waals surface area contributed by atoms with Crippen LogP contribution < -0.4 is 5.73 Å². The monoisotopic (exact) mass is 747 g/mol. The lowest BCUT2D eigenvalue weighted by Crippen LogP contribution is -2.29. The fourth-order valence-corrected chi connectivity index (χ4v) is 5.39. The molecule has 0 aromatic rings. The Morgan fingerprint density at radius 3 is 1.63 bits per heavy atom.